The Balaban J connectivity index is 1.71. The molecule has 0 radical (unpaired) electrons. The fourth-order valence-electron chi connectivity index (χ4n) is 3.09. The topological polar surface area (TPSA) is 35.7 Å². The van der Waals surface area contributed by atoms with Gasteiger partial charge in [-0.25, -0.2) is 0 Å². The van der Waals surface area contributed by atoms with Crippen LogP contribution in [-0.4, -0.2) is 80.1 Å². The predicted octanol–water partition coefficient (Wildman–Crippen LogP) is -0.0971. The Kier molecular flexibility index (Phi) is 4.79. The zero-order valence-corrected chi connectivity index (χ0v) is 11.4. The molecule has 0 bridgehead atoms. The first kappa shape index (κ1) is 13.3. The Hall–Kier alpha value is -0.160. The minimum atomic E-state index is 0.627. The average Bonchev–Trinajstić information content (AvgIpc) is 2.69. The zero-order chi connectivity index (χ0) is 12.3. The molecule has 2 N–H and O–H groups in total. The summed E-state index contributed by atoms with van der Waals surface area (Å²) in [5.74, 6) is 0.785. The van der Waals surface area contributed by atoms with Gasteiger partial charge in [-0.3, -0.25) is 9.80 Å². The summed E-state index contributed by atoms with van der Waals surface area (Å²) in [5.41, 5.74) is 5.88. The molecule has 2 aliphatic rings. The highest BCUT2D eigenvalue weighted by Crippen LogP contribution is 2.22. The van der Waals surface area contributed by atoms with Crippen molar-refractivity contribution in [1.82, 2.24) is 14.7 Å². The van der Waals surface area contributed by atoms with Crippen molar-refractivity contribution in [2.75, 3.05) is 59.4 Å². The third-order valence-corrected chi connectivity index (χ3v) is 4.54. The van der Waals surface area contributed by atoms with Crippen molar-refractivity contribution in [1.29, 1.82) is 0 Å². The maximum Gasteiger partial charge on any atom is 0.0245 e. The van der Waals surface area contributed by atoms with E-state index < -0.39 is 0 Å². The van der Waals surface area contributed by atoms with Crippen molar-refractivity contribution >= 4 is 0 Å². The molecule has 2 atom stereocenters. The molecule has 0 aromatic carbocycles. The largest absolute Gasteiger partial charge is 0.329 e. The average molecular weight is 240 g/mol. The van der Waals surface area contributed by atoms with Gasteiger partial charge in [-0.1, -0.05) is 6.92 Å². The SMILES string of the molecule is CC1CCN(CCN2CCN(C)CC2)C1CN. The van der Waals surface area contributed by atoms with E-state index in [2.05, 4.69) is 28.7 Å². The Morgan fingerprint density at radius 1 is 1.06 bits per heavy atom. The minimum absolute atomic E-state index is 0.627. The fraction of sp³-hybridized carbons (Fsp3) is 1.00. The van der Waals surface area contributed by atoms with Crippen molar-refractivity contribution in [2.45, 2.75) is 19.4 Å². The van der Waals surface area contributed by atoms with Crippen LogP contribution in [0.2, 0.25) is 0 Å². The molecule has 2 saturated heterocycles. The van der Waals surface area contributed by atoms with Gasteiger partial charge < -0.3 is 10.6 Å². The molecule has 2 unspecified atom stereocenters. The van der Waals surface area contributed by atoms with Gasteiger partial charge in [0.1, 0.15) is 0 Å². The van der Waals surface area contributed by atoms with Crippen LogP contribution in [-0.2, 0) is 0 Å². The zero-order valence-electron chi connectivity index (χ0n) is 11.4. The normalized spacial score (nSPS) is 33.4. The summed E-state index contributed by atoms with van der Waals surface area (Å²) in [6.07, 6.45) is 1.32. The van der Waals surface area contributed by atoms with E-state index in [4.69, 9.17) is 5.73 Å². The molecule has 0 aromatic rings. The molecule has 4 nitrogen and oxygen atoms in total. The number of nitrogens with zero attached hydrogens (tertiary/aromatic N) is 3. The summed E-state index contributed by atoms with van der Waals surface area (Å²) < 4.78 is 0. The predicted molar refractivity (Wildman–Crippen MR) is 72.1 cm³/mol. The van der Waals surface area contributed by atoms with Gasteiger partial charge in [0, 0.05) is 51.9 Å². The van der Waals surface area contributed by atoms with Crippen LogP contribution in [0, 0.1) is 5.92 Å². The first-order valence-corrected chi connectivity index (χ1v) is 7.05. The van der Waals surface area contributed by atoms with Crippen LogP contribution in [0.15, 0.2) is 0 Å². The van der Waals surface area contributed by atoms with Crippen LogP contribution in [0.5, 0.6) is 0 Å². The van der Waals surface area contributed by atoms with E-state index in [0.29, 0.717) is 6.04 Å². The van der Waals surface area contributed by atoms with E-state index in [-0.39, 0.29) is 0 Å². The minimum Gasteiger partial charge on any atom is -0.329 e. The molecule has 17 heavy (non-hydrogen) atoms. The van der Waals surface area contributed by atoms with E-state index in [1.165, 1.54) is 52.2 Å². The van der Waals surface area contributed by atoms with Crippen LogP contribution in [0.3, 0.4) is 0 Å². The summed E-state index contributed by atoms with van der Waals surface area (Å²) in [6, 6.07) is 0.627. The molecule has 0 aromatic heterocycles. The highest BCUT2D eigenvalue weighted by atomic mass is 15.3. The van der Waals surface area contributed by atoms with Crippen molar-refractivity contribution in [3.8, 4) is 0 Å². The molecule has 2 fully saturated rings. The van der Waals surface area contributed by atoms with E-state index in [1.807, 2.05) is 0 Å². The van der Waals surface area contributed by atoms with Gasteiger partial charge >= 0.3 is 0 Å². The second kappa shape index (κ2) is 6.14. The molecule has 100 valence electrons. The Morgan fingerprint density at radius 2 is 1.76 bits per heavy atom. The molecule has 2 aliphatic heterocycles. The summed E-state index contributed by atoms with van der Waals surface area (Å²) in [6.45, 7) is 11.7. The van der Waals surface area contributed by atoms with Crippen molar-refractivity contribution < 1.29 is 0 Å². The monoisotopic (exact) mass is 240 g/mol. The van der Waals surface area contributed by atoms with Gasteiger partial charge in [0.15, 0.2) is 0 Å². The molecule has 4 heteroatoms. The first-order valence-electron chi connectivity index (χ1n) is 7.05. The number of likely N-dealkylation sites (tertiary alicyclic amines) is 1. The lowest BCUT2D eigenvalue weighted by Crippen LogP contribution is -2.48. The van der Waals surface area contributed by atoms with Gasteiger partial charge in [0.25, 0.3) is 0 Å². The van der Waals surface area contributed by atoms with Crippen LogP contribution in [0.1, 0.15) is 13.3 Å². The highest BCUT2D eigenvalue weighted by molar-refractivity contribution is 4.86. The quantitative estimate of drug-likeness (QED) is 0.744. The number of piperazine rings is 1. The van der Waals surface area contributed by atoms with Gasteiger partial charge in [-0.15, -0.1) is 0 Å². The number of rotatable bonds is 4. The number of nitrogens with two attached hydrogens (primary N) is 1. The van der Waals surface area contributed by atoms with Gasteiger partial charge in [-0.05, 0) is 25.9 Å². The standard InChI is InChI=1S/C13H28N4/c1-12-3-4-17(13(12)11-14)10-9-16-7-5-15(2)6-8-16/h12-13H,3-11,14H2,1-2H3. The van der Waals surface area contributed by atoms with E-state index >= 15 is 0 Å². The van der Waals surface area contributed by atoms with Gasteiger partial charge in [0.2, 0.25) is 0 Å². The van der Waals surface area contributed by atoms with Crippen LogP contribution in [0.25, 0.3) is 0 Å². The van der Waals surface area contributed by atoms with Crippen molar-refractivity contribution in [3.05, 3.63) is 0 Å². The second-order valence-corrected chi connectivity index (χ2v) is 5.75. The third kappa shape index (κ3) is 3.41. The molecule has 2 heterocycles. The van der Waals surface area contributed by atoms with E-state index in [9.17, 15) is 0 Å². The summed E-state index contributed by atoms with van der Waals surface area (Å²) >= 11 is 0. The molecule has 0 aliphatic carbocycles. The lowest BCUT2D eigenvalue weighted by Gasteiger charge is -2.34. The number of likely N-dealkylation sites (N-methyl/N-ethyl adjacent to an activating group) is 1. The van der Waals surface area contributed by atoms with E-state index in [1.54, 1.807) is 0 Å². The molecule has 0 amide bonds. The summed E-state index contributed by atoms with van der Waals surface area (Å²) in [5, 5.41) is 0. The Labute approximate surface area is 106 Å². The highest BCUT2D eigenvalue weighted by Gasteiger charge is 2.29. The maximum atomic E-state index is 5.88. The molecule has 0 saturated carbocycles. The molecule has 0 spiro atoms. The summed E-state index contributed by atoms with van der Waals surface area (Å²) in [4.78, 5) is 7.61. The van der Waals surface area contributed by atoms with E-state index in [0.717, 1.165) is 12.5 Å². The van der Waals surface area contributed by atoms with Crippen molar-refractivity contribution in [3.63, 3.8) is 0 Å². The van der Waals surface area contributed by atoms with Gasteiger partial charge in [-0.2, -0.15) is 0 Å². The van der Waals surface area contributed by atoms with Crippen molar-refractivity contribution in [2.24, 2.45) is 11.7 Å². The lowest BCUT2D eigenvalue weighted by molar-refractivity contribution is 0.129. The number of hydrogen-bond acceptors (Lipinski definition) is 4. The maximum absolute atomic E-state index is 5.88. The third-order valence-electron chi connectivity index (χ3n) is 4.54. The van der Waals surface area contributed by atoms with Crippen LogP contribution >= 0.6 is 0 Å². The fourth-order valence-corrected chi connectivity index (χ4v) is 3.09. The number of hydrogen-bond donors (Lipinski definition) is 1. The lowest BCUT2D eigenvalue weighted by atomic mass is 10.0. The first-order chi connectivity index (χ1) is 8.20. The summed E-state index contributed by atoms with van der Waals surface area (Å²) in [7, 11) is 2.21. The Bertz CT molecular complexity index is 225. The second-order valence-electron chi connectivity index (χ2n) is 5.75. The molecule has 2 rings (SSSR count). The van der Waals surface area contributed by atoms with Crippen LogP contribution < -0.4 is 5.73 Å². The molecular weight excluding hydrogens is 212 g/mol. The van der Waals surface area contributed by atoms with Crippen LogP contribution in [0.4, 0.5) is 0 Å². The van der Waals surface area contributed by atoms with Gasteiger partial charge in [0.05, 0.1) is 0 Å². The Morgan fingerprint density at radius 3 is 2.41 bits per heavy atom. The smallest absolute Gasteiger partial charge is 0.0245 e. The molecular formula is C13H28N4.